The minimum absolute atomic E-state index is 0.0470. The van der Waals surface area contributed by atoms with Crippen molar-refractivity contribution in [3.63, 3.8) is 0 Å². The summed E-state index contributed by atoms with van der Waals surface area (Å²) in [6, 6.07) is 9.49. The van der Waals surface area contributed by atoms with Crippen molar-refractivity contribution in [2.75, 3.05) is 12.3 Å². The third-order valence-corrected chi connectivity index (χ3v) is 4.13. The lowest BCUT2D eigenvalue weighted by Gasteiger charge is -2.14. The standard InChI is InChI=1S/C14H23NO3S/c1-12(2)10-14(16)11-15-19(17,18)9-8-13-6-4-3-5-7-13/h3-7,12,14-16H,8-11H2,1-2H3. The molecule has 1 unspecified atom stereocenters. The fraction of sp³-hybridized carbons (Fsp3) is 0.571. The summed E-state index contributed by atoms with van der Waals surface area (Å²) < 4.78 is 26.0. The van der Waals surface area contributed by atoms with Crippen LogP contribution in [0.25, 0.3) is 0 Å². The maximum atomic E-state index is 11.8. The van der Waals surface area contributed by atoms with Gasteiger partial charge in [-0.05, 0) is 24.3 Å². The summed E-state index contributed by atoms with van der Waals surface area (Å²) in [5.74, 6) is 0.398. The van der Waals surface area contributed by atoms with Gasteiger partial charge in [0.05, 0.1) is 11.9 Å². The highest BCUT2D eigenvalue weighted by atomic mass is 32.2. The van der Waals surface area contributed by atoms with Gasteiger partial charge < -0.3 is 5.11 Å². The van der Waals surface area contributed by atoms with Crippen LogP contribution >= 0.6 is 0 Å². The fourth-order valence-electron chi connectivity index (χ4n) is 1.82. The van der Waals surface area contributed by atoms with Crippen molar-refractivity contribution >= 4 is 10.0 Å². The number of aryl methyl sites for hydroxylation is 1. The monoisotopic (exact) mass is 285 g/mol. The summed E-state index contributed by atoms with van der Waals surface area (Å²) in [7, 11) is -3.32. The molecule has 0 saturated carbocycles. The van der Waals surface area contributed by atoms with Crippen LogP contribution in [-0.4, -0.2) is 31.9 Å². The van der Waals surface area contributed by atoms with Gasteiger partial charge in [0.1, 0.15) is 0 Å². The Kier molecular flexibility index (Phi) is 6.48. The molecule has 4 nitrogen and oxygen atoms in total. The van der Waals surface area contributed by atoms with Crippen molar-refractivity contribution in [3.8, 4) is 0 Å². The minimum atomic E-state index is -3.32. The highest BCUT2D eigenvalue weighted by Crippen LogP contribution is 2.05. The van der Waals surface area contributed by atoms with Gasteiger partial charge in [0, 0.05) is 6.54 Å². The second kappa shape index (κ2) is 7.62. The van der Waals surface area contributed by atoms with Gasteiger partial charge in [0.15, 0.2) is 0 Å². The van der Waals surface area contributed by atoms with Gasteiger partial charge in [0.25, 0.3) is 0 Å². The molecule has 1 aromatic carbocycles. The van der Waals surface area contributed by atoms with Crippen LogP contribution in [0.5, 0.6) is 0 Å². The molecular weight excluding hydrogens is 262 g/mol. The molecule has 0 aromatic heterocycles. The van der Waals surface area contributed by atoms with Gasteiger partial charge >= 0.3 is 0 Å². The first kappa shape index (κ1) is 16.1. The summed E-state index contributed by atoms with van der Waals surface area (Å²) in [4.78, 5) is 0. The zero-order chi connectivity index (χ0) is 14.3. The molecule has 0 radical (unpaired) electrons. The normalized spacial score (nSPS) is 13.7. The molecule has 19 heavy (non-hydrogen) atoms. The van der Waals surface area contributed by atoms with E-state index in [1.54, 1.807) is 0 Å². The molecule has 1 atom stereocenters. The molecule has 2 N–H and O–H groups in total. The number of rotatable bonds is 8. The molecule has 0 bridgehead atoms. The maximum absolute atomic E-state index is 11.8. The van der Waals surface area contributed by atoms with Gasteiger partial charge in [0.2, 0.25) is 10.0 Å². The summed E-state index contributed by atoms with van der Waals surface area (Å²) in [5, 5.41) is 9.64. The Morgan fingerprint density at radius 3 is 2.42 bits per heavy atom. The van der Waals surface area contributed by atoms with Crippen molar-refractivity contribution in [1.29, 1.82) is 0 Å². The van der Waals surface area contributed by atoms with Crippen molar-refractivity contribution in [1.82, 2.24) is 4.72 Å². The second-order valence-corrected chi connectivity index (χ2v) is 7.11. The number of aliphatic hydroxyl groups excluding tert-OH is 1. The van der Waals surface area contributed by atoms with Crippen LogP contribution in [0.2, 0.25) is 0 Å². The Morgan fingerprint density at radius 1 is 1.21 bits per heavy atom. The highest BCUT2D eigenvalue weighted by Gasteiger charge is 2.13. The summed E-state index contributed by atoms with van der Waals surface area (Å²) >= 11 is 0. The van der Waals surface area contributed by atoms with Crippen LogP contribution in [0.3, 0.4) is 0 Å². The Hall–Kier alpha value is -0.910. The van der Waals surface area contributed by atoms with E-state index >= 15 is 0 Å². The van der Waals surface area contributed by atoms with Gasteiger partial charge in [-0.25, -0.2) is 13.1 Å². The van der Waals surface area contributed by atoms with Crippen LogP contribution in [0.1, 0.15) is 25.8 Å². The van der Waals surface area contributed by atoms with Crippen LogP contribution in [-0.2, 0) is 16.4 Å². The largest absolute Gasteiger partial charge is 0.392 e. The van der Waals surface area contributed by atoms with Crippen LogP contribution in [0.15, 0.2) is 30.3 Å². The van der Waals surface area contributed by atoms with E-state index in [9.17, 15) is 13.5 Å². The van der Waals surface area contributed by atoms with Gasteiger partial charge in [-0.15, -0.1) is 0 Å². The first-order chi connectivity index (χ1) is 8.89. The zero-order valence-electron chi connectivity index (χ0n) is 11.5. The summed E-state index contributed by atoms with van der Waals surface area (Å²) in [6.07, 6.45) is 0.462. The Labute approximate surface area is 115 Å². The van der Waals surface area contributed by atoms with Crippen molar-refractivity contribution in [3.05, 3.63) is 35.9 Å². The summed E-state index contributed by atoms with van der Waals surface area (Å²) in [5.41, 5.74) is 0.996. The lowest BCUT2D eigenvalue weighted by Crippen LogP contribution is -2.34. The predicted molar refractivity (Wildman–Crippen MR) is 77.4 cm³/mol. The molecule has 1 aromatic rings. The van der Waals surface area contributed by atoms with E-state index in [1.807, 2.05) is 44.2 Å². The number of nitrogens with one attached hydrogen (secondary N) is 1. The van der Waals surface area contributed by atoms with Crippen LogP contribution in [0, 0.1) is 5.92 Å². The van der Waals surface area contributed by atoms with E-state index in [4.69, 9.17) is 0 Å². The second-order valence-electron chi connectivity index (χ2n) is 5.19. The number of hydrogen-bond acceptors (Lipinski definition) is 3. The molecule has 108 valence electrons. The number of benzene rings is 1. The van der Waals surface area contributed by atoms with Gasteiger partial charge in [-0.1, -0.05) is 44.2 Å². The smallest absolute Gasteiger partial charge is 0.212 e. The topological polar surface area (TPSA) is 66.4 Å². The summed E-state index contributed by atoms with van der Waals surface area (Å²) in [6.45, 7) is 4.08. The molecule has 0 fully saturated rings. The number of hydrogen-bond donors (Lipinski definition) is 2. The molecular formula is C14H23NO3S. The highest BCUT2D eigenvalue weighted by molar-refractivity contribution is 7.89. The van der Waals surface area contributed by atoms with Crippen molar-refractivity contribution in [2.45, 2.75) is 32.8 Å². The lowest BCUT2D eigenvalue weighted by atomic mass is 10.1. The quantitative estimate of drug-likeness (QED) is 0.761. The maximum Gasteiger partial charge on any atom is 0.212 e. The average molecular weight is 285 g/mol. The molecule has 1 rings (SSSR count). The van der Waals surface area contributed by atoms with E-state index < -0.39 is 16.1 Å². The average Bonchev–Trinajstić information content (AvgIpc) is 2.35. The number of aliphatic hydroxyl groups is 1. The first-order valence-electron chi connectivity index (χ1n) is 6.58. The Morgan fingerprint density at radius 2 is 1.84 bits per heavy atom. The van der Waals surface area contributed by atoms with Crippen LogP contribution < -0.4 is 4.72 Å². The molecule has 5 heteroatoms. The molecule has 0 saturated heterocycles. The van der Waals surface area contributed by atoms with Gasteiger partial charge in [-0.3, -0.25) is 0 Å². The van der Waals surface area contributed by atoms with Crippen LogP contribution in [0.4, 0.5) is 0 Å². The molecule has 0 amide bonds. The van der Waals surface area contributed by atoms with E-state index in [-0.39, 0.29) is 12.3 Å². The van der Waals surface area contributed by atoms with Gasteiger partial charge in [-0.2, -0.15) is 0 Å². The third kappa shape index (κ3) is 7.30. The molecule has 0 aliphatic heterocycles. The van der Waals surface area contributed by atoms with E-state index in [1.165, 1.54) is 0 Å². The molecule has 0 aliphatic carbocycles. The molecule has 0 aliphatic rings. The fourth-order valence-corrected chi connectivity index (χ4v) is 2.91. The number of sulfonamides is 1. The molecule has 0 heterocycles. The minimum Gasteiger partial charge on any atom is -0.392 e. The SMILES string of the molecule is CC(C)CC(O)CNS(=O)(=O)CCc1ccccc1. The Balaban J connectivity index is 2.36. The lowest BCUT2D eigenvalue weighted by molar-refractivity contribution is 0.152. The van der Waals surface area contributed by atoms with E-state index in [0.29, 0.717) is 18.8 Å². The van der Waals surface area contributed by atoms with E-state index in [2.05, 4.69) is 4.72 Å². The Bertz CT molecular complexity index is 457. The molecule has 0 spiro atoms. The van der Waals surface area contributed by atoms with E-state index in [0.717, 1.165) is 5.56 Å². The predicted octanol–water partition coefficient (Wildman–Crippen LogP) is 1.56. The third-order valence-electron chi connectivity index (χ3n) is 2.78. The first-order valence-corrected chi connectivity index (χ1v) is 8.23. The zero-order valence-corrected chi connectivity index (χ0v) is 12.4. The van der Waals surface area contributed by atoms with Crippen molar-refractivity contribution in [2.24, 2.45) is 5.92 Å². The van der Waals surface area contributed by atoms with Crippen molar-refractivity contribution < 1.29 is 13.5 Å².